The summed E-state index contributed by atoms with van der Waals surface area (Å²) in [6.07, 6.45) is 0. The number of para-hydroxylation sites is 2. The number of fused-ring (bicyclic) bond motifs is 7. The van der Waals surface area contributed by atoms with Gasteiger partial charge in [-0.1, -0.05) is 167 Å². The minimum atomic E-state index is -0.202. The molecule has 11 rings (SSSR count). The molecular weight excluding hydrogens is 677 g/mol. The Balaban J connectivity index is 1.12. The van der Waals surface area contributed by atoms with Gasteiger partial charge in [0.05, 0.1) is 28.4 Å². The first kappa shape index (κ1) is 32.8. The number of benzene rings is 9. The lowest BCUT2D eigenvalue weighted by Crippen LogP contribution is -2.38. The molecular formula is C54H42N2. The SMILES string of the molecule is CC1(C)c2ccccc2N2c3ccc(-c4ccc(N(c5ccc6ccccc6c5)c5cccc6ccccc56)c5ccccc45)cc3C(C)(C)c3cccc1c32. The van der Waals surface area contributed by atoms with Crippen LogP contribution in [0.3, 0.4) is 0 Å². The predicted octanol–water partition coefficient (Wildman–Crippen LogP) is 15.0. The van der Waals surface area contributed by atoms with Crippen LogP contribution in [-0.4, -0.2) is 0 Å². The van der Waals surface area contributed by atoms with Gasteiger partial charge in [-0.2, -0.15) is 0 Å². The van der Waals surface area contributed by atoms with E-state index >= 15 is 0 Å². The van der Waals surface area contributed by atoms with Crippen molar-refractivity contribution in [3.8, 4) is 11.1 Å². The molecule has 0 radical (unpaired) electrons. The number of anilines is 6. The highest BCUT2D eigenvalue weighted by molar-refractivity contribution is 6.09. The quantitative estimate of drug-likeness (QED) is 0.179. The second-order valence-corrected chi connectivity index (χ2v) is 16.6. The zero-order chi connectivity index (χ0) is 37.8. The van der Waals surface area contributed by atoms with Gasteiger partial charge in [-0.05, 0) is 97.4 Å². The smallest absolute Gasteiger partial charge is 0.0543 e. The fourth-order valence-electron chi connectivity index (χ4n) is 9.91. The topological polar surface area (TPSA) is 6.48 Å². The van der Waals surface area contributed by atoms with Gasteiger partial charge in [0.1, 0.15) is 0 Å². The molecule has 0 bridgehead atoms. The molecule has 9 aromatic rings. The van der Waals surface area contributed by atoms with Gasteiger partial charge in [-0.25, -0.2) is 0 Å². The van der Waals surface area contributed by atoms with Gasteiger partial charge in [0.15, 0.2) is 0 Å². The summed E-state index contributed by atoms with van der Waals surface area (Å²) in [5, 5.41) is 7.35. The average Bonchev–Trinajstić information content (AvgIpc) is 3.23. The van der Waals surface area contributed by atoms with Crippen molar-refractivity contribution in [3.63, 3.8) is 0 Å². The maximum absolute atomic E-state index is 2.54. The third-order valence-corrected chi connectivity index (χ3v) is 12.8. The second-order valence-electron chi connectivity index (χ2n) is 16.6. The van der Waals surface area contributed by atoms with Crippen molar-refractivity contribution in [2.75, 3.05) is 9.80 Å². The number of hydrogen-bond acceptors (Lipinski definition) is 2. The van der Waals surface area contributed by atoms with E-state index in [9.17, 15) is 0 Å². The standard InChI is InChI=1S/C54H42N2/c1-53(2)44-22-11-12-25-50(44)56-51-31-28-38(34-47(51)54(3,4)46-24-14-23-45(53)52(46)56)40-30-32-49(43-21-10-9-20-42(40)43)55(39-29-27-35-15-5-6-17-37(35)33-39)48-26-13-18-36-16-7-8-19-41(36)48/h5-34H,1-4H3. The van der Waals surface area contributed by atoms with Crippen LogP contribution in [0.4, 0.5) is 34.1 Å². The highest BCUT2D eigenvalue weighted by Crippen LogP contribution is 2.60. The summed E-state index contributed by atoms with van der Waals surface area (Å²) in [5.41, 5.74) is 15.0. The van der Waals surface area contributed by atoms with Crippen LogP contribution >= 0.6 is 0 Å². The lowest BCUT2D eigenvalue weighted by molar-refractivity contribution is 0.597. The first-order chi connectivity index (χ1) is 27.3. The summed E-state index contributed by atoms with van der Waals surface area (Å²) >= 11 is 0. The van der Waals surface area contributed by atoms with Gasteiger partial charge in [0.25, 0.3) is 0 Å². The van der Waals surface area contributed by atoms with Crippen molar-refractivity contribution in [2.45, 2.75) is 38.5 Å². The molecule has 0 amide bonds. The first-order valence-electron chi connectivity index (χ1n) is 19.8. The summed E-state index contributed by atoms with van der Waals surface area (Å²) in [5.74, 6) is 0. The normalized spacial score (nSPS) is 14.7. The van der Waals surface area contributed by atoms with E-state index in [-0.39, 0.29) is 10.8 Å². The summed E-state index contributed by atoms with van der Waals surface area (Å²) in [6.45, 7) is 9.56. The van der Waals surface area contributed by atoms with Crippen molar-refractivity contribution in [1.82, 2.24) is 0 Å². The summed E-state index contributed by atoms with van der Waals surface area (Å²) in [4.78, 5) is 5.00. The predicted molar refractivity (Wildman–Crippen MR) is 238 cm³/mol. The van der Waals surface area contributed by atoms with E-state index < -0.39 is 0 Å². The molecule has 268 valence electrons. The molecule has 56 heavy (non-hydrogen) atoms. The lowest BCUT2D eigenvalue weighted by atomic mass is 9.66. The van der Waals surface area contributed by atoms with E-state index in [1.165, 1.54) is 82.8 Å². The van der Waals surface area contributed by atoms with Crippen LogP contribution in [0.15, 0.2) is 182 Å². The highest BCUT2D eigenvalue weighted by Gasteiger charge is 2.45. The molecule has 0 saturated carbocycles. The molecule has 2 aliphatic rings. The van der Waals surface area contributed by atoms with Gasteiger partial charge in [-0.3, -0.25) is 0 Å². The largest absolute Gasteiger partial charge is 0.309 e. The monoisotopic (exact) mass is 718 g/mol. The zero-order valence-corrected chi connectivity index (χ0v) is 32.2. The van der Waals surface area contributed by atoms with Crippen LogP contribution in [0.25, 0.3) is 43.4 Å². The van der Waals surface area contributed by atoms with Crippen molar-refractivity contribution in [2.24, 2.45) is 0 Å². The Morgan fingerprint density at radius 1 is 0.393 bits per heavy atom. The fourth-order valence-corrected chi connectivity index (χ4v) is 9.91. The van der Waals surface area contributed by atoms with Gasteiger partial charge in [0.2, 0.25) is 0 Å². The maximum atomic E-state index is 2.54. The molecule has 9 aromatic carbocycles. The van der Waals surface area contributed by atoms with Crippen LogP contribution in [0, 0.1) is 0 Å². The third kappa shape index (κ3) is 4.62. The molecule has 0 spiro atoms. The molecule has 0 N–H and O–H groups in total. The maximum Gasteiger partial charge on any atom is 0.0543 e. The Labute approximate surface area is 328 Å². The van der Waals surface area contributed by atoms with Gasteiger partial charge in [0, 0.05) is 27.3 Å². The molecule has 2 aliphatic heterocycles. The Morgan fingerprint density at radius 2 is 0.982 bits per heavy atom. The Bertz CT molecular complexity index is 3050. The third-order valence-electron chi connectivity index (χ3n) is 12.8. The summed E-state index contributed by atoms with van der Waals surface area (Å²) in [7, 11) is 0. The summed E-state index contributed by atoms with van der Waals surface area (Å²) < 4.78 is 0. The van der Waals surface area contributed by atoms with Crippen molar-refractivity contribution in [1.29, 1.82) is 0 Å². The van der Waals surface area contributed by atoms with E-state index in [1.54, 1.807) is 0 Å². The molecule has 0 saturated heterocycles. The molecule has 2 heteroatoms. The average molecular weight is 719 g/mol. The van der Waals surface area contributed by atoms with E-state index in [0.29, 0.717) is 0 Å². The minimum absolute atomic E-state index is 0.0978. The van der Waals surface area contributed by atoms with E-state index in [2.05, 4.69) is 219 Å². The highest BCUT2D eigenvalue weighted by atomic mass is 15.2. The van der Waals surface area contributed by atoms with Crippen LogP contribution in [0.2, 0.25) is 0 Å². The van der Waals surface area contributed by atoms with Gasteiger partial charge < -0.3 is 9.80 Å². The number of hydrogen-bond donors (Lipinski definition) is 0. The van der Waals surface area contributed by atoms with E-state index in [1.807, 2.05) is 0 Å². The van der Waals surface area contributed by atoms with Crippen LogP contribution < -0.4 is 9.80 Å². The molecule has 0 aromatic heterocycles. The lowest BCUT2D eigenvalue weighted by Gasteiger charge is -2.49. The minimum Gasteiger partial charge on any atom is -0.309 e. The second kappa shape index (κ2) is 11.9. The molecule has 0 aliphatic carbocycles. The van der Waals surface area contributed by atoms with E-state index in [4.69, 9.17) is 0 Å². The van der Waals surface area contributed by atoms with Crippen LogP contribution in [-0.2, 0) is 10.8 Å². The van der Waals surface area contributed by atoms with Gasteiger partial charge >= 0.3 is 0 Å². The van der Waals surface area contributed by atoms with Crippen LogP contribution in [0.1, 0.15) is 49.9 Å². The van der Waals surface area contributed by atoms with Crippen molar-refractivity contribution >= 4 is 66.4 Å². The number of rotatable bonds is 4. The molecule has 0 fully saturated rings. The Kier molecular flexibility index (Phi) is 6.98. The Hall–Kier alpha value is -6.64. The molecule has 0 atom stereocenters. The fraction of sp³-hybridized carbons (Fsp3) is 0.111. The van der Waals surface area contributed by atoms with Crippen molar-refractivity contribution in [3.05, 3.63) is 204 Å². The Morgan fingerprint density at radius 3 is 1.80 bits per heavy atom. The van der Waals surface area contributed by atoms with E-state index in [0.717, 1.165) is 17.1 Å². The first-order valence-corrected chi connectivity index (χ1v) is 19.8. The van der Waals surface area contributed by atoms with Crippen molar-refractivity contribution < 1.29 is 0 Å². The molecule has 2 nitrogen and oxygen atoms in total. The van der Waals surface area contributed by atoms with Gasteiger partial charge in [-0.15, -0.1) is 0 Å². The molecule has 0 unspecified atom stereocenters. The summed E-state index contributed by atoms with van der Waals surface area (Å²) in [6, 6.07) is 67.6. The number of nitrogens with zero attached hydrogens (tertiary/aromatic N) is 2. The van der Waals surface area contributed by atoms with Crippen LogP contribution in [0.5, 0.6) is 0 Å². The zero-order valence-electron chi connectivity index (χ0n) is 32.2. The molecule has 2 heterocycles.